The van der Waals surface area contributed by atoms with Gasteiger partial charge in [-0.05, 0) is 67.9 Å². The van der Waals surface area contributed by atoms with Crippen molar-refractivity contribution in [3.8, 4) is 5.75 Å². The third-order valence-corrected chi connectivity index (χ3v) is 7.97. The molecule has 2 aromatic carbocycles. The highest BCUT2D eigenvalue weighted by atomic mass is 32.2. The summed E-state index contributed by atoms with van der Waals surface area (Å²) in [6.07, 6.45) is 4.48. The molecule has 7 heteroatoms. The summed E-state index contributed by atoms with van der Waals surface area (Å²) < 4.78 is 32.5. The summed E-state index contributed by atoms with van der Waals surface area (Å²) in [4.78, 5) is 13.1. The second kappa shape index (κ2) is 8.91. The Labute approximate surface area is 184 Å². The van der Waals surface area contributed by atoms with Crippen LogP contribution in [0.15, 0.2) is 42.5 Å². The number of hydrogen-bond acceptors (Lipinski definition) is 4. The molecule has 6 nitrogen and oxygen atoms in total. The highest BCUT2D eigenvalue weighted by molar-refractivity contribution is 7.92. The first-order valence-corrected chi connectivity index (χ1v) is 12.7. The molecule has 31 heavy (non-hydrogen) atoms. The first-order valence-electron chi connectivity index (χ1n) is 11.1. The van der Waals surface area contributed by atoms with Gasteiger partial charge in [0.2, 0.25) is 10.0 Å². The Hall–Kier alpha value is -2.54. The van der Waals surface area contributed by atoms with Crippen molar-refractivity contribution >= 4 is 21.6 Å². The van der Waals surface area contributed by atoms with Gasteiger partial charge in [-0.1, -0.05) is 37.3 Å². The Morgan fingerprint density at radius 1 is 1.13 bits per heavy atom. The van der Waals surface area contributed by atoms with Gasteiger partial charge in [0, 0.05) is 0 Å². The van der Waals surface area contributed by atoms with Crippen LogP contribution in [0.25, 0.3) is 0 Å². The fourth-order valence-electron chi connectivity index (χ4n) is 4.41. The largest absolute Gasteiger partial charge is 0.476 e. The number of rotatable bonds is 6. The molecule has 166 valence electrons. The fourth-order valence-corrected chi connectivity index (χ4v) is 5.54. The number of hydrogen-bond donors (Lipinski definition) is 1. The van der Waals surface area contributed by atoms with E-state index in [-0.39, 0.29) is 24.2 Å². The normalized spacial score (nSPS) is 19.0. The minimum atomic E-state index is -3.52. The number of nitrogens with one attached hydrogen (secondary N) is 1. The Balaban J connectivity index is 1.55. The van der Waals surface area contributed by atoms with Gasteiger partial charge < -0.3 is 10.1 Å². The number of anilines is 1. The molecule has 4 rings (SSSR count). The summed E-state index contributed by atoms with van der Waals surface area (Å²) in [6.45, 7) is 3.61. The predicted molar refractivity (Wildman–Crippen MR) is 122 cm³/mol. The lowest BCUT2D eigenvalue weighted by Gasteiger charge is -2.35. The average Bonchev–Trinajstić information content (AvgIpc) is 2.81. The maximum Gasteiger partial charge on any atom is 0.263 e. The summed E-state index contributed by atoms with van der Waals surface area (Å²) in [5, 5.41) is 3.09. The van der Waals surface area contributed by atoms with Crippen LogP contribution in [-0.4, -0.2) is 32.7 Å². The third kappa shape index (κ3) is 4.42. The number of carbonyl (C=O) groups excluding carboxylic acids is 1. The van der Waals surface area contributed by atoms with Crippen LogP contribution in [-0.2, 0) is 27.7 Å². The van der Waals surface area contributed by atoms with Crippen LogP contribution in [0, 0.1) is 0 Å². The molecule has 2 unspecified atom stereocenters. The molecule has 0 saturated heterocycles. The van der Waals surface area contributed by atoms with Crippen molar-refractivity contribution in [2.45, 2.75) is 58.1 Å². The monoisotopic (exact) mass is 442 g/mol. The second-order valence-corrected chi connectivity index (χ2v) is 10.4. The van der Waals surface area contributed by atoms with Crippen molar-refractivity contribution in [3.05, 3.63) is 59.2 Å². The molecule has 0 spiro atoms. The van der Waals surface area contributed by atoms with Crippen molar-refractivity contribution in [2.24, 2.45) is 0 Å². The van der Waals surface area contributed by atoms with Crippen LogP contribution < -0.4 is 14.4 Å². The number of aryl methyl sites for hydroxylation is 2. The van der Waals surface area contributed by atoms with Crippen LogP contribution in [0.4, 0.5) is 5.69 Å². The highest BCUT2D eigenvalue weighted by Gasteiger charge is 2.36. The van der Waals surface area contributed by atoms with Gasteiger partial charge in [0.15, 0.2) is 6.10 Å². The lowest BCUT2D eigenvalue weighted by atomic mass is 9.88. The zero-order valence-electron chi connectivity index (χ0n) is 18.1. The van der Waals surface area contributed by atoms with Crippen molar-refractivity contribution in [1.29, 1.82) is 0 Å². The summed E-state index contributed by atoms with van der Waals surface area (Å²) in [5.74, 6) is 0.0747. The van der Waals surface area contributed by atoms with E-state index in [2.05, 4.69) is 23.5 Å². The van der Waals surface area contributed by atoms with Gasteiger partial charge in [-0.3, -0.25) is 9.10 Å². The van der Waals surface area contributed by atoms with Gasteiger partial charge in [-0.15, -0.1) is 0 Å². The SMILES string of the molecule is CCC(NC(=O)C1CN(S(=O)(=O)CC)c2ccccc2O1)c1ccc2c(c1)CCCC2. The number of ether oxygens (including phenoxy) is 1. The molecule has 0 fully saturated rings. The quantitative estimate of drug-likeness (QED) is 0.739. The fraction of sp³-hybridized carbons (Fsp3) is 0.458. The molecule has 0 bridgehead atoms. The topological polar surface area (TPSA) is 75.7 Å². The highest BCUT2D eigenvalue weighted by Crippen LogP contribution is 2.35. The molecule has 2 aliphatic rings. The van der Waals surface area contributed by atoms with Crippen molar-refractivity contribution in [3.63, 3.8) is 0 Å². The minimum absolute atomic E-state index is 0.0281. The van der Waals surface area contributed by atoms with E-state index >= 15 is 0 Å². The summed E-state index contributed by atoms with van der Waals surface area (Å²) in [7, 11) is -3.52. The zero-order valence-corrected chi connectivity index (χ0v) is 19.0. The zero-order chi connectivity index (χ0) is 22.0. The molecule has 1 aliphatic carbocycles. The average molecular weight is 443 g/mol. The van der Waals surface area contributed by atoms with Crippen LogP contribution in [0.1, 0.15) is 55.8 Å². The number of fused-ring (bicyclic) bond motifs is 2. The van der Waals surface area contributed by atoms with Gasteiger partial charge >= 0.3 is 0 Å². The van der Waals surface area contributed by atoms with E-state index in [4.69, 9.17) is 4.74 Å². The molecule has 0 saturated carbocycles. The van der Waals surface area contributed by atoms with E-state index in [1.165, 1.54) is 28.3 Å². The van der Waals surface area contributed by atoms with E-state index in [0.29, 0.717) is 11.4 Å². The lowest BCUT2D eigenvalue weighted by Crippen LogP contribution is -2.51. The van der Waals surface area contributed by atoms with Gasteiger partial charge in [-0.25, -0.2) is 8.42 Å². The van der Waals surface area contributed by atoms with Crippen LogP contribution >= 0.6 is 0 Å². The van der Waals surface area contributed by atoms with Gasteiger partial charge in [-0.2, -0.15) is 0 Å². The van der Waals surface area contributed by atoms with E-state index in [9.17, 15) is 13.2 Å². The summed E-state index contributed by atoms with van der Waals surface area (Å²) in [5.41, 5.74) is 4.35. The Bertz CT molecular complexity index is 1070. The van der Waals surface area contributed by atoms with Gasteiger partial charge in [0.25, 0.3) is 5.91 Å². The number of nitrogens with zero attached hydrogens (tertiary/aromatic N) is 1. The summed E-state index contributed by atoms with van der Waals surface area (Å²) in [6, 6.07) is 13.3. The van der Waals surface area contributed by atoms with Gasteiger partial charge in [0.05, 0.1) is 24.0 Å². The number of sulfonamides is 1. The predicted octanol–water partition coefficient (Wildman–Crippen LogP) is 3.75. The third-order valence-electron chi connectivity index (χ3n) is 6.23. The standard InChI is InChI=1S/C24H30N2O4S/c1-3-20(19-14-13-17-9-5-6-10-18(17)15-19)25-24(27)23-16-26(31(28,29)4-2)21-11-7-8-12-22(21)30-23/h7-8,11-15,20,23H,3-6,9-10,16H2,1-2H3,(H,25,27). The summed E-state index contributed by atoms with van der Waals surface area (Å²) >= 11 is 0. The molecule has 2 aromatic rings. The molecule has 2 atom stereocenters. The number of carbonyl (C=O) groups is 1. The molecular formula is C24H30N2O4S. The van der Waals surface area contributed by atoms with E-state index in [1.54, 1.807) is 31.2 Å². The van der Waals surface area contributed by atoms with E-state index < -0.39 is 16.1 Å². The smallest absolute Gasteiger partial charge is 0.263 e. The van der Waals surface area contributed by atoms with Crippen LogP contribution in [0.2, 0.25) is 0 Å². The molecule has 0 aromatic heterocycles. The molecule has 0 radical (unpaired) electrons. The number of amides is 1. The Morgan fingerprint density at radius 2 is 1.87 bits per heavy atom. The van der Waals surface area contributed by atoms with E-state index in [1.807, 2.05) is 6.92 Å². The maximum absolute atomic E-state index is 13.1. The van der Waals surface area contributed by atoms with Gasteiger partial charge in [0.1, 0.15) is 5.75 Å². The minimum Gasteiger partial charge on any atom is -0.476 e. The van der Waals surface area contributed by atoms with Crippen molar-refractivity contribution in [1.82, 2.24) is 5.32 Å². The lowest BCUT2D eigenvalue weighted by molar-refractivity contribution is -0.128. The van der Waals surface area contributed by atoms with Crippen LogP contribution in [0.5, 0.6) is 5.75 Å². The second-order valence-electron chi connectivity index (χ2n) is 8.21. The maximum atomic E-state index is 13.1. The first kappa shape index (κ1) is 21.7. The number of para-hydroxylation sites is 2. The molecule has 1 N–H and O–H groups in total. The number of benzene rings is 2. The van der Waals surface area contributed by atoms with Crippen molar-refractivity contribution in [2.75, 3.05) is 16.6 Å². The Kier molecular flexibility index (Phi) is 6.23. The Morgan fingerprint density at radius 3 is 2.61 bits per heavy atom. The van der Waals surface area contributed by atoms with E-state index in [0.717, 1.165) is 24.8 Å². The molecule has 1 aliphatic heterocycles. The molecule has 1 heterocycles. The first-order chi connectivity index (χ1) is 14.9. The molecule has 1 amide bonds. The molecular weight excluding hydrogens is 412 g/mol. The van der Waals surface area contributed by atoms with Crippen LogP contribution in [0.3, 0.4) is 0 Å². The van der Waals surface area contributed by atoms with Crippen molar-refractivity contribution < 1.29 is 17.9 Å².